The van der Waals surface area contributed by atoms with Crippen LogP contribution in [-0.2, 0) is 19.1 Å². The molecule has 22 heavy (non-hydrogen) atoms. The van der Waals surface area contributed by atoms with Crippen molar-refractivity contribution in [1.29, 1.82) is 0 Å². The standard InChI is InChI=1S/C15H26N2O5/c1-10(2)8-16-15(20)17-12(5)9-21-13(18)6-7-14(19)22-11(3)4/h6-7,10-12H,8-9H2,1-5H3,(H2,16,17,20)/b7-6+/t12-/m1/s1. The van der Waals surface area contributed by atoms with Gasteiger partial charge in [0.2, 0.25) is 0 Å². The van der Waals surface area contributed by atoms with Crippen molar-refractivity contribution in [3.05, 3.63) is 12.2 Å². The molecule has 0 aliphatic rings. The van der Waals surface area contributed by atoms with Gasteiger partial charge in [-0.05, 0) is 26.7 Å². The van der Waals surface area contributed by atoms with Crippen LogP contribution < -0.4 is 10.6 Å². The second kappa shape index (κ2) is 10.6. The zero-order valence-electron chi connectivity index (χ0n) is 13.8. The van der Waals surface area contributed by atoms with E-state index in [4.69, 9.17) is 9.47 Å². The van der Waals surface area contributed by atoms with Gasteiger partial charge >= 0.3 is 18.0 Å². The molecule has 2 N–H and O–H groups in total. The molecule has 0 aromatic carbocycles. The lowest BCUT2D eigenvalue weighted by atomic mass is 10.2. The second-order valence-electron chi connectivity index (χ2n) is 5.60. The summed E-state index contributed by atoms with van der Waals surface area (Å²) in [4.78, 5) is 34.1. The molecule has 0 aliphatic carbocycles. The Morgan fingerprint density at radius 1 is 1.00 bits per heavy atom. The van der Waals surface area contributed by atoms with Gasteiger partial charge < -0.3 is 20.1 Å². The van der Waals surface area contributed by atoms with Crippen LogP contribution in [0.15, 0.2) is 12.2 Å². The molecule has 7 nitrogen and oxygen atoms in total. The van der Waals surface area contributed by atoms with Gasteiger partial charge in [0.05, 0.1) is 12.1 Å². The minimum absolute atomic E-state index is 0.0114. The van der Waals surface area contributed by atoms with Crippen molar-refractivity contribution in [3.8, 4) is 0 Å². The van der Waals surface area contributed by atoms with Crippen molar-refractivity contribution in [2.24, 2.45) is 5.92 Å². The zero-order valence-corrected chi connectivity index (χ0v) is 13.8. The van der Waals surface area contributed by atoms with Gasteiger partial charge in [-0.2, -0.15) is 0 Å². The number of esters is 2. The second-order valence-corrected chi connectivity index (χ2v) is 5.60. The molecule has 2 amide bonds. The SMILES string of the molecule is CC(C)CNC(=O)N[C@H](C)COC(=O)/C=C/C(=O)OC(C)C. The molecule has 0 aromatic rings. The number of carbonyl (C=O) groups is 3. The summed E-state index contributed by atoms with van der Waals surface area (Å²) in [6, 6.07) is -0.652. The van der Waals surface area contributed by atoms with Crippen LogP contribution in [0.2, 0.25) is 0 Å². The van der Waals surface area contributed by atoms with Gasteiger partial charge in [-0.3, -0.25) is 0 Å². The molecule has 0 radical (unpaired) electrons. The molecule has 0 heterocycles. The van der Waals surface area contributed by atoms with Gasteiger partial charge in [-0.25, -0.2) is 14.4 Å². The summed E-state index contributed by atoms with van der Waals surface area (Å²) in [6.45, 7) is 9.68. The first-order chi connectivity index (χ1) is 10.2. The first-order valence-electron chi connectivity index (χ1n) is 7.30. The van der Waals surface area contributed by atoms with E-state index in [0.717, 1.165) is 12.2 Å². The van der Waals surface area contributed by atoms with Gasteiger partial charge in [0.1, 0.15) is 6.61 Å². The highest BCUT2D eigenvalue weighted by Crippen LogP contribution is 1.93. The van der Waals surface area contributed by atoms with Crippen molar-refractivity contribution in [2.45, 2.75) is 46.8 Å². The largest absolute Gasteiger partial charge is 0.460 e. The zero-order chi connectivity index (χ0) is 17.1. The number of ether oxygens (including phenoxy) is 2. The Balaban J connectivity index is 3.96. The number of urea groups is 1. The Hall–Kier alpha value is -2.05. The summed E-state index contributed by atoms with van der Waals surface area (Å²) < 4.78 is 9.74. The van der Waals surface area contributed by atoms with E-state index >= 15 is 0 Å². The highest BCUT2D eigenvalue weighted by Gasteiger charge is 2.09. The Bertz CT molecular complexity index is 405. The molecule has 0 bridgehead atoms. The van der Waals surface area contributed by atoms with Gasteiger partial charge in [0, 0.05) is 18.7 Å². The first-order valence-corrected chi connectivity index (χ1v) is 7.30. The van der Waals surface area contributed by atoms with E-state index in [1.807, 2.05) is 13.8 Å². The summed E-state index contributed by atoms with van der Waals surface area (Å²) in [6.07, 6.45) is 1.76. The fourth-order valence-corrected chi connectivity index (χ4v) is 1.28. The third-order valence-corrected chi connectivity index (χ3v) is 2.23. The summed E-state index contributed by atoms with van der Waals surface area (Å²) in [5.74, 6) is -0.919. The smallest absolute Gasteiger partial charge is 0.331 e. The monoisotopic (exact) mass is 314 g/mol. The van der Waals surface area contributed by atoms with Crippen LogP contribution >= 0.6 is 0 Å². The van der Waals surface area contributed by atoms with Crippen molar-refractivity contribution in [3.63, 3.8) is 0 Å². The maximum Gasteiger partial charge on any atom is 0.331 e. The van der Waals surface area contributed by atoms with Crippen LogP contribution in [-0.4, -0.2) is 43.3 Å². The molecule has 0 unspecified atom stereocenters. The summed E-state index contributed by atoms with van der Waals surface area (Å²) in [7, 11) is 0. The molecule has 1 atom stereocenters. The normalized spacial score (nSPS) is 12.3. The van der Waals surface area contributed by atoms with Gasteiger partial charge in [-0.15, -0.1) is 0 Å². The molecule has 126 valence electrons. The van der Waals surface area contributed by atoms with Crippen molar-refractivity contribution < 1.29 is 23.9 Å². The van der Waals surface area contributed by atoms with E-state index < -0.39 is 11.9 Å². The van der Waals surface area contributed by atoms with Crippen molar-refractivity contribution >= 4 is 18.0 Å². The third kappa shape index (κ3) is 11.7. The Morgan fingerprint density at radius 2 is 1.59 bits per heavy atom. The Kier molecular flexibility index (Phi) is 9.65. The number of rotatable bonds is 8. The molecule has 0 saturated carbocycles. The average molecular weight is 314 g/mol. The van der Waals surface area contributed by atoms with E-state index in [9.17, 15) is 14.4 Å². The predicted molar refractivity (Wildman–Crippen MR) is 82.2 cm³/mol. The minimum atomic E-state index is -0.669. The molecule has 0 aromatic heterocycles. The number of carbonyl (C=O) groups excluding carboxylic acids is 3. The molecule has 0 saturated heterocycles. The number of nitrogens with one attached hydrogen (secondary N) is 2. The van der Waals surface area contributed by atoms with E-state index in [1.54, 1.807) is 20.8 Å². The molecule has 0 fully saturated rings. The highest BCUT2D eigenvalue weighted by atomic mass is 16.5. The molecule has 0 aliphatic heterocycles. The summed E-state index contributed by atoms with van der Waals surface area (Å²) in [5.41, 5.74) is 0. The van der Waals surface area contributed by atoms with Crippen LogP contribution in [0.1, 0.15) is 34.6 Å². The van der Waals surface area contributed by atoms with Crippen LogP contribution in [0.4, 0.5) is 4.79 Å². The van der Waals surface area contributed by atoms with Crippen LogP contribution in [0.25, 0.3) is 0 Å². The first kappa shape index (κ1) is 19.9. The number of amides is 2. The molecule has 0 rings (SSSR count). The van der Waals surface area contributed by atoms with E-state index in [-0.39, 0.29) is 24.8 Å². The van der Waals surface area contributed by atoms with Gasteiger partial charge in [0.15, 0.2) is 0 Å². The Morgan fingerprint density at radius 3 is 2.14 bits per heavy atom. The number of hydrogen-bond acceptors (Lipinski definition) is 5. The summed E-state index contributed by atoms with van der Waals surface area (Å²) >= 11 is 0. The fraction of sp³-hybridized carbons (Fsp3) is 0.667. The quantitative estimate of drug-likeness (QED) is 0.521. The lowest BCUT2D eigenvalue weighted by molar-refractivity contribution is -0.143. The lowest BCUT2D eigenvalue weighted by Crippen LogP contribution is -2.44. The van der Waals surface area contributed by atoms with Crippen LogP contribution in [0.3, 0.4) is 0 Å². The molecule has 0 spiro atoms. The van der Waals surface area contributed by atoms with E-state index in [2.05, 4.69) is 10.6 Å². The Labute approximate surface area is 131 Å². The molecular formula is C15H26N2O5. The van der Waals surface area contributed by atoms with Crippen molar-refractivity contribution in [2.75, 3.05) is 13.2 Å². The summed E-state index contributed by atoms with van der Waals surface area (Å²) in [5, 5.41) is 5.33. The van der Waals surface area contributed by atoms with E-state index in [1.165, 1.54) is 0 Å². The predicted octanol–water partition coefficient (Wildman–Crippen LogP) is 1.38. The van der Waals surface area contributed by atoms with Crippen LogP contribution in [0.5, 0.6) is 0 Å². The maximum atomic E-state index is 11.5. The van der Waals surface area contributed by atoms with Gasteiger partial charge in [-0.1, -0.05) is 13.8 Å². The third-order valence-electron chi connectivity index (χ3n) is 2.23. The maximum absolute atomic E-state index is 11.5. The average Bonchev–Trinajstić information content (AvgIpc) is 2.40. The number of hydrogen-bond donors (Lipinski definition) is 2. The van der Waals surface area contributed by atoms with Gasteiger partial charge in [0.25, 0.3) is 0 Å². The van der Waals surface area contributed by atoms with E-state index in [0.29, 0.717) is 12.5 Å². The minimum Gasteiger partial charge on any atom is -0.460 e. The highest BCUT2D eigenvalue weighted by molar-refractivity contribution is 5.91. The fourth-order valence-electron chi connectivity index (χ4n) is 1.28. The molecule has 7 heteroatoms. The lowest BCUT2D eigenvalue weighted by Gasteiger charge is -2.15. The van der Waals surface area contributed by atoms with Crippen molar-refractivity contribution in [1.82, 2.24) is 10.6 Å². The molecular weight excluding hydrogens is 288 g/mol. The van der Waals surface area contributed by atoms with Crippen LogP contribution in [0, 0.1) is 5.92 Å². The topological polar surface area (TPSA) is 93.7 Å².